The lowest BCUT2D eigenvalue weighted by molar-refractivity contribution is -0.465. The number of aliphatic carboxylic acids is 1. The smallest absolute Gasteiger partial charge is 0.332 e. The number of hydrogen-bond acceptors (Lipinski definition) is 5. The van der Waals surface area contributed by atoms with Gasteiger partial charge in [0.1, 0.15) is 6.10 Å². The Hall–Kier alpha value is -0.690. The monoisotopic (exact) mass is 140 g/mol. The Labute approximate surface area is 50.8 Å². The summed E-state index contributed by atoms with van der Waals surface area (Å²) < 4.78 is 0. The molecule has 0 aliphatic rings. The van der Waals surface area contributed by atoms with Gasteiger partial charge in [0.2, 0.25) is 0 Å². The molecule has 0 aromatic rings. The van der Waals surface area contributed by atoms with Crippen molar-refractivity contribution in [2.24, 2.45) is 0 Å². The van der Waals surface area contributed by atoms with Crippen molar-refractivity contribution in [1.82, 2.24) is 0 Å². The minimum absolute atomic E-state index is 1.19. The molecule has 1 unspecified atom stereocenters. The fraction of sp³-hybridized carbons (Fsp3) is 0.667. The summed E-state index contributed by atoms with van der Waals surface area (Å²) in [6.07, 6.45) is -1.23. The van der Waals surface area contributed by atoms with Crippen molar-refractivity contribution in [3.05, 3.63) is 0 Å². The molecule has 0 heterocycles. The van der Waals surface area contributed by atoms with Gasteiger partial charge in [0.25, 0.3) is 0 Å². The molecule has 0 bridgehead atoms. The lowest BCUT2D eigenvalue weighted by atomic mass is 10.4. The third-order valence-corrected chi connectivity index (χ3v) is 0.357. The Kier molecular flexibility index (Phi) is 9.06. The summed E-state index contributed by atoms with van der Waals surface area (Å²) in [7, 11) is 0. The summed E-state index contributed by atoms with van der Waals surface area (Å²) in [5.74, 6) is -1.19. The zero-order valence-corrected chi connectivity index (χ0v) is 4.68. The van der Waals surface area contributed by atoms with Gasteiger partial charge in [-0.15, -0.1) is 0 Å². The van der Waals surface area contributed by atoms with E-state index >= 15 is 0 Å². The van der Waals surface area contributed by atoms with Crippen molar-refractivity contribution in [3.63, 3.8) is 0 Å². The number of carboxylic acids is 1. The molecule has 0 radical (unpaired) electrons. The first-order valence-electron chi connectivity index (χ1n) is 1.92. The first-order chi connectivity index (χ1) is 4.06. The lowest BCUT2D eigenvalue weighted by Crippen LogP contribution is -2.13. The summed E-state index contributed by atoms with van der Waals surface area (Å²) in [5, 5.41) is 31.3. The van der Waals surface area contributed by atoms with Gasteiger partial charge in [-0.2, -0.15) is 0 Å². The molecule has 0 fully saturated rings. The van der Waals surface area contributed by atoms with Crippen molar-refractivity contribution in [3.8, 4) is 0 Å². The van der Waals surface area contributed by atoms with Gasteiger partial charge >= 0.3 is 5.97 Å². The lowest BCUT2D eigenvalue weighted by Gasteiger charge is -1.89. The minimum atomic E-state index is -1.23. The Morgan fingerprint density at radius 1 is 1.56 bits per heavy atom. The Bertz CT molecular complexity index is 68.7. The van der Waals surface area contributed by atoms with E-state index in [1.165, 1.54) is 6.92 Å². The Balaban J connectivity index is 0. The van der Waals surface area contributed by atoms with Crippen molar-refractivity contribution in [2.75, 3.05) is 0 Å². The van der Waals surface area contributed by atoms with Crippen LogP contribution in [-0.4, -0.2) is 32.8 Å². The molecule has 0 aromatic heterocycles. The second-order valence-corrected chi connectivity index (χ2v) is 1.10. The number of aliphatic hydroxyl groups excluding tert-OH is 1. The van der Waals surface area contributed by atoms with Crippen LogP contribution in [0, 0.1) is 0 Å². The highest BCUT2D eigenvalue weighted by Crippen LogP contribution is 1.73. The normalized spacial score (nSPS) is 11.1. The number of rotatable bonds is 1. The summed E-state index contributed by atoms with van der Waals surface area (Å²) in [5.41, 5.74) is 0. The van der Waals surface area contributed by atoms with Gasteiger partial charge in [0, 0.05) is 0 Å². The number of hydrogen-bond donors (Lipinski definition) is 4. The van der Waals surface area contributed by atoms with Crippen LogP contribution in [0.25, 0.3) is 0 Å². The molecule has 0 saturated carbocycles. The van der Waals surface area contributed by atoms with E-state index in [1.807, 2.05) is 0 Å². The van der Waals surface area contributed by atoms with Crippen LogP contribution in [0.4, 0.5) is 0 Å². The number of carboxylic acid groups (broad SMARTS) is 1. The van der Waals surface area contributed by atoms with Crippen LogP contribution in [0.3, 0.4) is 0 Å². The van der Waals surface area contributed by atoms with E-state index in [2.05, 4.69) is 5.04 Å². The van der Waals surface area contributed by atoms with Gasteiger partial charge in [-0.05, 0) is 6.92 Å². The van der Waals surface area contributed by atoms with Crippen LogP contribution in [-0.2, 0) is 9.83 Å². The molecule has 0 rings (SSSR count). The highest BCUT2D eigenvalue weighted by molar-refractivity contribution is 5.71. The summed E-state index contributed by atoms with van der Waals surface area (Å²) in [6, 6.07) is 0. The van der Waals surface area contributed by atoms with E-state index in [0.717, 1.165) is 0 Å². The second-order valence-electron chi connectivity index (χ2n) is 1.10. The highest BCUT2D eigenvalue weighted by atomic mass is 17.4. The minimum Gasteiger partial charge on any atom is -0.479 e. The molecular weight excluding hydrogens is 132 g/mol. The molecule has 0 aliphatic heterocycles. The molecule has 0 aliphatic carbocycles. The first-order valence-corrected chi connectivity index (χ1v) is 1.92. The van der Waals surface area contributed by atoms with Gasteiger partial charge in [0.05, 0.1) is 0 Å². The van der Waals surface area contributed by atoms with E-state index in [9.17, 15) is 4.79 Å². The van der Waals surface area contributed by atoms with Gasteiger partial charge in [-0.25, -0.2) is 15.3 Å². The van der Waals surface area contributed by atoms with Gasteiger partial charge in [-0.1, -0.05) is 5.04 Å². The molecule has 9 heavy (non-hydrogen) atoms. The largest absolute Gasteiger partial charge is 0.479 e. The molecule has 4 N–H and O–H groups in total. The summed E-state index contributed by atoms with van der Waals surface area (Å²) in [4.78, 5) is 9.45. The van der Waals surface area contributed by atoms with Crippen molar-refractivity contribution < 1.29 is 30.6 Å². The third kappa shape index (κ3) is 18.8. The molecule has 0 spiro atoms. The van der Waals surface area contributed by atoms with E-state index < -0.39 is 12.1 Å². The van der Waals surface area contributed by atoms with Crippen LogP contribution >= 0.6 is 0 Å². The van der Waals surface area contributed by atoms with Gasteiger partial charge in [-0.3, -0.25) is 0 Å². The third-order valence-electron chi connectivity index (χ3n) is 0.357. The molecule has 6 heteroatoms. The van der Waals surface area contributed by atoms with Gasteiger partial charge < -0.3 is 10.2 Å². The fourth-order valence-corrected chi connectivity index (χ4v) is 0. The topological polar surface area (TPSA) is 107 Å². The average Bonchev–Trinajstić information content (AvgIpc) is 1.68. The molecule has 56 valence electrons. The molecule has 0 saturated heterocycles. The van der Waals surface area contributed by atoms with E-state index in [0.29, 0.717) is 0 Å². The van der Waals surface area contributed by atoms with E-state index in [4.69, 9.17) is 20.7 Å². The molecule has 1 atom stereocenters. The fourth-order valence-electron chi connectivity index (χ4n) is 0. The molecule has 0 aromatic carbocycles. The number of aliphatic hydroxyl groups is 1. The van der Waals surface area contributed by atoms with Crippen molar-refractivity contribution in [1.29, 1.82) is 0 Å². The summed E-state index contributed by atoms with van der Waals surface area (Å²) in [6.45, 7) is 1.20. The molecule has 6 nitrogen and oxygen atoms in total. The summed E-state index contributed by atoms with van der Waals surface area (Å²) >= 11 is 0. The van der Waals surface area contributed by atoms with Crippen LogP contribution in [0.1, 0.15) is 6.92 Å². The van der Waals surface area contributed by atoms with Gasteiger partial charge in [0.15, 0.2) is 0 Å². The van der Waals surface area contributed by atoms with E-state index in [1.54, 1.807) is 0 Å². The molecular formula is C3H8O6. The predicted octanol–water partition coefficient (Wildman–Crippen LogP) is -0.599. The standard InChI is InChI=1S/C3H6O3.H2O3/c1-2(4)3(5)6;1-3-2/h2,4H,1H3,(H,5,6);1-2H. The van der Waals surface area contributed by atoms with Crippen LogP contribution in [0.5, 0.6) is 0 Å². The highest BCUT2D eigenvalue weighted by Gasteiger charge is 2.01. The molecule has 0 amide bonds. The Morgan fingerprint density at radius 3 is 1.67 bits per heavy atom. The second kappa shape index (κ2) is 7.31. The number of carbonyl (C=O) groups is 1. The maximum Gasteiger partial charge on any atom is 0.332 e. The van der Waals surface area contributed by atoms with Crippen LogP contribution in [0.2, 0.25) is 0 Å². The van der Waals surface area contributed by atoms with E-state index in [-0.39, 0.29) is 0 Å². The quantitative estimate of drug-likeness (QED) is 0.286. The maximum atomic E-state index is 9.45. The zero-order chi connectivity index (χ0) is 7.86. The predicted molar refractivity (Wildman–Crippen MR) is 25.7 cm³/mol. The average molecular weight is 140 g/mol. The van der Waals surface area contributed by atoms with Crippen LogP contribution in [0.15, 0.2) is 0 Å². The first kappa shape index (κ1) is 11.2. The Morgan fingerprint density at radius 2 is 1.67 bits per heavy atom. The van der Waals surface area contributed by atoms with Crippen molar-refractivity contribution in [2.45, 2.75) is 13.0 Å². The zero-order valence-electron chi connectivity index (χ0n) is 4.68. The van der Waals surface area contributed by atoms with Crippen LogP contribution < -0.4 is 0 Å². The maximum absolute atomic E-state index is 9.45. The van der Waals surface area contributed by atoms with Crippen molar-refractivity contribution >= 4 is 5.97 Å². The SMILES string of the molecule is CC(O)C(=O)O.OOO.